The predicted molar refractivity (Wildman–Crippen MR) is 83.3 cm³/mol. The van der Waals surface area contributed by atoms with Crippen LogP contribution in [0.5, 0.6) is 0 Å². The molecule has 0 aromatic heterocycles. The van der Waals surface area contributed by atoms with Gasteiger partial charge >= 0.3 is 0 Å². The lowest BCUT2D eigenvalue weighted by molar-refractivity contribution is -0.116. The third-order valence-corrected chi connectivity index (χ3v) is 4.49. The summed E-state index contributed by atoms with van der Waals surface area (Å²) in [7, 11) is -1.22. The third kappa shape index (κ3) is 4.58. The Morgan fingerprint density at radius 2 is 1.65 bits per heavy atom. The molecule has 4 heteroatoms. The van der Waals surface area contributed by atoms with Crippen molar-refractivity contribution in [1.82, 2.24) is 0 Å². The Morgan fingerprint density at radius 1 is 1.00 bits per heavy atom. The largest absolute Gasteiger partial charge is 0.298 e. The number of rotatable bonds is 6. The summed E-state index contributed by atoms with van der Waals surface area (Å²) in [5, 5.41) is 0.594. The average Bonchev–Trinajstić information content (AvgIpc) is 2.42. The van der Waals surface area contributed by atoms with Crippen LogP contribution in [0, 0.1) is 0 Å². The molecule has 0 bridgehead atoms. The molecule has 0 radical (unpaired) electrons. The minimum Gasteiger partial charge on any atom is -0.298 e. The maximum atomic E-state index is 12.0. The number of halogens is 1. The number of ketones is 1. The Hall–Kier alpha value is -1.45. The van der Waals surface area contributed by atoms with Crippen molar-refractivity contribution in [2.75, 3.05) is 5.75 Å². The van der Waals surface area contributed by atoms with Crippen molar-refractivity contribution in [3.63, 3.8) is 0 Å². The normalized spacial score (nSPS) is 12.1. The molecule has 2 nitrogen and oxygen atoms in total. The van der Waals surface area contributed by atoms with Gasteiger partial charge in [-0.15, -0.1) is 0 Å². The van der Waals surface area contributed by atoms with E-state index in [2.05, 4.69) is 0 Å². The highest BCUT2D eigenvalue weighted by atomic mass is 35.5. The molecule has 0 fully saturated rings. The van der Waals surface area contributed by atoms with E-state index in [-0.39, 0.29) is 11.5 Å². The van der Waals surface area contributed by atoms with Crippen LogP contribution in [0.25, 0.3) is 0 Å². The van der Waals surface area contributed by atoms with Crippen LogP contribution in [-0.4, -0.2) is 15.7 Å². The summed E-state index contributed by atoms with van der Waals surface area (Å²) in [5.41, 5.74) is 1.77. The van der Waals surface area contributed by atoms with E-state index in [9.17, 15) is 9.00 Å². The minimum absolute atomic E-state index is 0.0124. The van der Waals surface area contributed by atoms with Crippen molar-refractivity contribution < 1.29 is 9.00 Å². The number of benzene rings is 2. The van der Waals surface area contributed by atoms with Crippen LogP contribution >= 0.6 is 11.6 Å². The Kier molecular flexibility index (Phi) is 5.50. The second-order valence-corrected chi connectivity index (χ2v) is 6.39. The molecule has 2 rings (SSSR count). The molecule has 2 aromatic carbocycles. The summed E-state index contributed by atoms with van der Waals surface area (Å²) in [6.07, 6.45) is 0.328. The zero-order valence-electron chi connectivity index (χ0n) is 10.9. The van der Waals surface area contributed by atoms with E-state index in [1.54, 1.807) is 6.07 Å². The van der Waals surface area contributed by atoms with Crippen molar-refractivity contribution in [3.8, 4) is 0 Å². The molecular weight excluding hydrogens is 292 g/mol. The summed E-state index contributed by atoms with van der Waals surface area (Å²) < 4.78 is 12.0. The Morgan fingerprint density at radius 3 is 2.35 bits per heavy atom. The van der Waals surface area contributed by atoms with Crippen molar-refractivity contribution in [1.29, 1.82) is 0 Å². The molecule has 2 aromatic rings. The molecule has 0 saturated heterocycles. The van der Waals surface area contributed by atoms with Crippen LogP contribution in [0.2, 0.25) is 5.02 Å². The molecule has 1 atom stereocenters. The van der Waals surface area contributed by atoms with Gasteiger partial charge in [0.15, 0.2) is 0 Å². The molecule has 0 aliphatic heterocycles. The third-order valence-electron chi connectivity index (χ3n) is 2.84. The summed E-state index contributed by atoms with van der Waals surface area (Å²) in [6, 6.07) is 16.8. The average molecular weight is 307 g/mol. The summed E-state index contributed by atoms with van der Waals surface area (Å²) in [4.78, 5) is 11.9. The first-order valence-electron chi connectivity index (χ1n) is 6.29. The SMILES string of the molecule is O=C(Cc1ccccc1)CS(=O)Cc1ccccc1Cl. The van der Waals surface area contributed by atoms with Gasteiger partial charge in [-0.05, 0) is 17.2 Å². The molecule has 0 amide bonds. The monoisotopic (exact) mass is 306 g/mol. The zero-order valence-corrected chi connectivity index (χ0v) is 12.5. The van der Waals surface area contributed by atoms with E-state index < -0.39 is 10.8 Å². The van der Waals surface area contributed by atoms with E-state index in [0.29, 0.717) is 17.2 Å². The summed E-state index contributed by atoms with van der Waals surface area (Å²) in [5.74, 6) is 0.377. The number of hydrogen-bond donors (Lipinski definition) is 0. The Bertz CT molecular complexity index is 611. The maximum Gasteiger partial charge on any atom is 0.149 e. The van der Waals surface area contributed by atoms with Crippen molar-refractivity contribution in [3.05, 3.63) is 70.7 Å². The lowest BCUT2D eigenvalue weighted by atomic mass is 10.1. The Balaban J connectivity index is 1.89. The molecular formula is C16H15ClO2S. The van der Waals surface area contributed by atoms with Gasteiger partial charge in [0.2, 0.25) is 0 Å². The van der Waals surface area contributed by atoms with Crippen molar-refractivity contribution >= 4 is 28.2 Å². The Labute approximate surface area is 126 Å². The molecule has 1 unspecified atom stereocenters. The van der Waals surface area contributed by atoms with E-state index in [0.717, 1.165) is 11.1 Å². The van der Waals surface area contributed by atoms with Gasteiger partial charge < -0.3 is 0 Å². The lowest BCUT2D eigenvalue weighted by Crippen LogP contribution is -2.14. The van der Waals surface area contributed by atoms with Gasteiger partial charge in [0, 0.05) is 22.2 Å². The highest BCUT2D eigenvalue weighted by Crippen LogP contribution is 2.16. The van der Waals surface area contributed by atoms with Gasteiger partial charge in [0.05, 0.1) is 11.5 Å². The first-order chi connectivity index (χ1) is 9.65. The van der Waals surface area contributed by atoms with Gasteiger partial charge in [-0.2, -0.15) is 0 Å². The van der Waals surface area contributed by atoms with Crippen LogP contribution in [0.4, 0.5) is 0 Å². The van der Waals surface area contributed by atoms with Gasteiger partial charge in [0.25, 0.3) is 0 Å². The van der Waals surface area contributed by atoms with Crippen molar-refractivity contribution in [2.24, 2.45) is 0 Å². The highest BCUT2D eigenvalue weighted by molar-refractivity contribution is 7.84. The lowest BCUT2D eigenvalue weighted by Gasteiger charge is -2.04. The van der Waals surface area contributed by atoms with Gasteiger partial charge in [-0.25, -0.2) is 0 Å². The highest BCUT2D eigenvalue weighted by Gasteiger charge is 2.11. The van der Waals surface area contributed by atoms with Crippen LogP contribution in [0.15, 0.2) is 54.6 Å². The summed E-state index contributed by atoms with van der Waals surface area (Å²) in [6.45, 7) is 0. The number of carbonyl (C=O) groups excluding carboxylic acids is 1. The fourth-order valence-corrected chi connectivity index (χ4v) is 3.34. The van der Waals surface area contributed by atoms with Crippen molar-refractivity contribution in [2.45, 2.75) is 12.2 Å². The first-order valence-corrected chi connectivity index (χ1v) is 8.16. The van der Waals surface area contributed by atoms with Crippen LogP contribution in [-0.2, 0) is 27.8 Å². The second kappa shape index (κ2) is 7.36. The predicted octanol–water partition coefficient (Wildman–Crippen LogP) is 3.40. The quantitative estimate of drug-likeness (QED) is 0.819. The first kappa shape index (κ1) is 14.9. The van der Waals surface area contributed by atoms with E-state index in [4.69, 9.17) is 11.6 Å². The smallest absolute Gasteiger partial charge is 0.149 e. The fraction of sp³-hybridized carbons (Fsp3) is 0.188. The summed E-state index contributed by atoms with van der Waals surface area (Å²) >= 11 is 6.02. The van der Waals surface area contributed by atoms with E-state index >= 15 is 0 Å². The van der Waals surface area contributed by atoms with Crippen LogP contribution in [0.1, 0.15) is 11.1 Å². The molecule has 20 heavy (non-hydrogen) atoms. The topological polar surface area (TPSA) is 34.1 Å². The zero-order chi connectivity index (χ0) is 14.4. The maximum absolute atomic E-state index is 12.0. The molecule has 0 heterocycles. The molecule has 0 aliphatic carbocycles. The fourth-order valence-electron chi connectivity index (χ4n) is 1.89. The number of carbonyl (C=O) groups is 1. The van der Waals surface area contributed by atoms with Gasteiger partial charge in [-0.3, -0.25) is 9.00 Å². The van der Waals surface area contributed by atoms with E-state index in [1.807, 2.05) is 48.5 Å². The van der Waals surface area contributed by atoms with Gasteiger partial charge in [-0.1, -0.05) is 60.1 Å². The standard InChI is InChI=1S/C16H15ClO2S/c17-16-9-5-4-8-14(16)11-20(19)12-15(18)10-13-6-2-1-3-7-13/h1-9H,10-12H2. The minimum atomic E-state index is -1.22. The van der Waals surface area contributed by atoms with E-state index in [1.165, 1.54) is 0 Å². The number of hydrogen-bond acceptors (Lipinski definition) is 2. The van der Waals surface area contributed by atoms with Gasteiger partial charge in [0.1, 0.15) is 5.78 Å². The van der Waals surface area contributed by atoms with Crippen LogP contribution < -0.4 is 0 Å². The van der Waals surface area contributed by atoms with Crippen LogP contribution in [0.3, 0.4) is 0 Å². The molecule has 104 valence electrons. The second-order valence-electron chi connectivity index (χ2n) is 4.52. The molecule has 0 N–H and O–H groups in total. The molecule has 0 spiro atoms. The molecule has 0 saturated carbocycles. The molecule has 0 aliphatic rings. The number of Topliss-reactive ketones (excluding diaryl/α,β-unsaturated/α-hetero) is 1.